The van der Waals surface area contributed by atoms with Crippen molar-refractivity contribution in [1.29, 1.82) is 0 Å². The summed E-state index contributed by atoms with van der Waals surface area (Å²) in [6.07, 6.45) is 0.566. The summed E-state index contributed by atoms with van der Waals surface area (Å²) in [4.78, 5) is 10.9. The first-order chi connectivity index (χ1) is 7.58. The molecular weight excluding hydrogens is 340 g/mol. The molecule has 1 rings (SSSR count). The molecule has 1 atom stereocenters. The molecule has 3 nitrogen and oxygen atoms in total. The summed E-state index contributed by atoms with van der Waals surface area (Å²) < 4.78 is 10.7. The third-order valence-corrected chi connectivity index (χ3v) is 3.44. The van der Waals surface area contributed by atoms with Crippen LogP contribution < -0.4 is 4.74 Å². The average molecular weight is 352 g/mol. The van der Waals surface area contributed by atoms with Crippen molar-refractivity contribution in [2.24, 2.45) is 0 Å². The van der Waals surface area contributed by atoms with E-state index >= 15 is 0 Å². The molecule has 0 amide bonds. The lowest BCUT2D eigenvalue weighted by Crippen LogP contribution is -2.18. The van der Waals surface area contributed by atoms with E-state index in [9.17, 15) is 4.79 Å². The summed E-state index contributed by atoms with van der Waals surface area (Å²) in [6.45, 7) is 0. The number of halogens is 2. The zero-order valence-electron chi connectivity index (χ0n) is 9.00. The molecule has 5 heteroatoms. The summed E-state index contributed by atoms with van der Waals surface area (Å²) in [6, 6.07) is 5.72. The molecule has 0 saturated carbocycles. The molecular formula is C11H12Br2O3. The van der Waals surface area contributed by atoms with Crippen LogP contribution in [0.2, 0.25) is 0 Å². The summed E-state index contributed by atoms with van der Waals surface area (Å²) >= 11 is 6.65. The summed E-state index contributed by atoms with van der Waals surface area (Å²) in [5.74, 6) is 0.476. The molecule has 0 aliphatic carbocycles. The second-order valence-electron chi connectivity index (χ2n) is 3.16. The van der Waals surface area contributed by atoms with Crippen LogP contribution in [0.1, 0.15) is 5.56 Å². The van der Waals surface area contributed by atoms with Gasteiger partial charge in [0.25, 0.3) is 0 Å². The maximum atomic E-state index is 11.2. The number of alkyl halides is 1. The molecule has 0 aromatic heterocycles. The van der Waals surface area contributed by atoms with Crippen molar-refractivity contribution in [2.75, 3.05) is 14.2 Å². The maximum Gasteiger partial charge on any atom is 0.319 e. The second-order valence-corrected chi connectivity index (χ2v) is 5.12. The van der Waals surface area contributed by atoms with E-state index in [1.54, 1.807) is 7.11 Å². The van der Waals surface area contributed by atoms with Crippen LogP contribution in [0.5, 0.6) is 5.75 Å². The lowest BCUT2D eigenvalue weighted by atomic mass is 10.1. The molecule has 88 valence electrons. The number of esters is 1. The molecule has 1 aromatic carbocycles. The van der Waals surface area contributed by atoms with Gasteiger partial charge in [-0.3, -0.25) is 4.79 Å². The molecule has 0 aliphatic rings. The molecule has 0 saturated heterocycles. The monoisotopic (exact) mass is 350 g/mol. The molecule has 0 spiro atoms. The Morgan fingerprint density at radius 3 is 2.69 bits per heavy atom. The molecule has 0 heterocycles. The van der Waals surface area contributed by atoms with E-state index in [4.69, 9.17) is 4.74 Å². The van der Waals surface area contributed by atoms with Crippen LogP contribution in [0.15, 0.2) is 22.7 Å². The van der Waals surface area contributed by atoms with E-state index in [-0.39, 0.29) is 10.8 Å². The number of hydrogen-bond donors (Lipinski definition) is 0. The fourth-order valence-corrected chi connectivity index (χ4v) is 2.22. The van der Waals surface area contributed by atoms with Crippen LogP contribution in [-0.2, 0) is 16.0 Å². The van der Waals surface area contributed by atoms with Gasteiger partial charge in [0.15, 0.2) is 0 Å². The van der Waals surface area contributed by atoms with Crippen LogP contribution in [0, 0.1) is 0 Å². The van der Waals surface area contributed by atoms with Gasteiger partial charge in [-0.25, -0.2) is 0 Å². The Bertz CT molecular complexity index is 379. The Balaban J connectivity index is 2.78. The van der Waals surface area contributed by atoms with Gasteiger partial charge in [0.1, 0.15) is 10.6 Å². The van der Waals surface area contributed by atoms with Gasteiger partial charge in [-0.2, -0.15) is 0 Å². The minimum atomic E-state index is -0.330. The van der Waals surface area contributed by atoms with E-state index in [2.05, 4.69) is 36.6 Å². The molecule has 0 radical (unpaired) electrons. The minimum Gasteiger partial charge on any atom is -0.496 e. The van der Waals surface area contributed by atoms with Gasteiger partial charge < -0.3 is 9.47 Å². The summed E-state index contributed by atoms with van der Waals surface area (Å²) in [5, 5.41) is 0. The molecule has 1 unspecified atom stereocenters. The summed E-state index contributed by atoms with van der Waals surface area (Å²) in [7, 11) is 2.98. The number of methoxy groups -OCH3 is 2. The lowest BCUT2D eigenvalue weighted by molar-refractivity contribution is -0.139. The number of carbonyl (C=O) groups excluding carboxylic acids is 1. The third-order valence-electron chi connectivity index (χ3n) is 2.09. The zero-order chi connectivity index (χ0) is 12.1. The normalized spacial score (nSPS) is 12.0. The first kappa shape index (κ1) is 13.5. The zero-order valence-corrected chi connectivity index (χ0v) is 12.2. The first-order valence-electron chi connectivity index (χ1n) is 4.62. The number of hydrogen-bond acceptors (Lipinski definition) is 3. The second kappa shape index (κ2) is 6.25. The number of ether oxygens (including phenoxy) is 2. The van der Waals surface area contributed by atoms with Crippen molar-refractivity contribution in [2.45, 2.75) is 11.2 Å². The van der Waals surface area contributed by atoms with Crippen LogP contribution in [0.3, 0.4) is 0 Å². The molecule has 0 N–H and O–H groups in total. The smallest absolute Gasteiger partial charge is 0.319 e. The summed E-state index contributed by atoms with van der Waals surface area (Å²) in [5.41, 5.74) is 1.01. The van der Waals surface area contributed by atoms with Gasteiger partial charge in [0, 0.05) is 0 Å². The van der Waals surface area contributed by atoms with Crippen molar-refractivity contribution in [1.82, 2.24) is 0 Å². The SMILES string of the molecule is COC(=O)C(Br)Cc1ccc(Br)c(OC)c1. The van der Waals surface area contributed by atoms with Crippen LogP contribution >= 0.6 is 31.9 Å². The molecule has 0 aliphatic heterocycles. The standard InChI is InChI=1S/C11H12Br2O3/c1-15-10-6-7(3-4-8(10)12)5-9(13)11(14)16-2/h3-4,6,9H,5H2,1-2H3. The molecule has 0 fully saturated rings. The Labute approximate surface area is 111 Å². The van der Waals surface area contributed by atoms with Gasteiger partial charge >= 0.3 is 5.97 Å². The topological polar surface area (TPSA) is 35.5 Å². The van der Waals surface area contributed by atoms with E-state index in [1.165, 1.54) is 7.11 Å². The number of carbonyl (C=O) groups is 1. The Hall–Kier alpha value is -0.550. The predicted molar refractivity (Wildman–Crippen MR) is 69.1 cm³/mol. The maximum absolute atomic E-state index is 11.2. The highest BCUT2D eigenvalue weighted by molar-refractivity contribution is 9.10. The van der Waals surface area contributed by atoms with E-state index in [1.807, 2.05) is 18.2 Å². The largest absolute Gasteiger partial charge is 0.496 e. The van der Waals surface area contributed by atoms with Crippen LogP contribution in [0.25, 0.3) is 0 Å². The van der Waals surface area contributed by atoms with Gasteiger partial charge in [0.2, 0.25) is 0 Å². The van der Waals surface area contributed by atoms with Gasteiger partial charge in [-0.15, -0.1) is 0 Å². The van der Waals surface area contributed by atoms with Crippen LogP contribution in [-0.4, -0.2) is 25.0 Å². The van der Waals surface area contributed by atoms with Crippen molar-refractivity contribution in [3.8, 4) is 5.75 Å². The molecule has 1 aromatic rings. The van der Waals surface area contributed by atoms with Crippen LogP contribution in [0.4, 0.5) is 0 Å². The fraction of sp³-hybridized carbons (Fsp3) is 0.364. The number of benzene rings is 1. The molecule has 0 bridgehead atoms. The third kappa shape index (κ3) is 3.49. The van der Waals surface area contributed by atoms with Gasteiger partial charge in [0.05, 0.1) is 18.7 Å². The Morgan fingerprint density at radius 2 is 2.12 bits per heavy atom. The van der Waals surface area contributed by atoms with E-state index < -0.39 is 0 Å². The highest BCUT2D eigenvalue weighted by atomic mass is 79.9. The Kier molecular flexibility index (Phi) is 5.28. The fourth-order valence-electron chi connectivity index (χ4n) is 1.25. The predicted octanol–water partition coefficient (Wildman–Crippen LogP) is 2.94. The van der Waals surface area contributed by atoms with Gasteiger partial charge in [-0.1, -0.05) is 22.0 Å². The highest BCUT2D eigenvalue weighted by Crippen LogP contribution is 2.26. The quantitative estimate of drug-likeness (QED) is 0.618. The van der Waals surface area contributed by atoms with Gasteiger partial charge in [-0.05, 0) is 40.0 Å². The van der Waals surface area contributed by atoms with E-state index in [0.29, 0.717) is 6.42 Å². The number of rotatable bonds is 4. The van der Waals surface area contributed by atoms with Crippen molar-refractivity contribution < 1.29 is 14.3 Å². The van der Waals surface area contributed by atoms with E-state index in [0.717, 1.165) is 15.8 Å². The first-order valence-corrected chi connectivity index (χ1v) is 6.33. The Morgan fingerprint density at radius 1 is 1.44 bits per heavy atom. The average Bonchev–Trinajstić information content (AvgIpc) is 2.30. The van der Waals surface area contributed by atoms with Crippen molar-refractivity contribution in [3.05, 3.63) is 28.2 Å². The highest BCUT2D eigenvalue weighted by Gasteiger charge is 2.16. The molecule has 16 heavy (non-hydrogen) atoms. The van der Waals surface area contributed by atoms with Crippen molar-refractivity contribution >= 4 is 37.8 Å². The lowest BCUT2D eigenvalue weighted by Gasteiger charge is -2.09. The van der Waals surface area contributed by atoms with Crippen molar-refractivity contribution in [3.63, 3.8) is 0 Å². The minimum absolute atomic E-state index is 0.276.